The SMILES string of the molecule is COC[C@H](C)Nc1ncc2c(-c3ccc([S@](C)(=N)=O)nc3)cc(C3CCC(C)CC3)n2n1. The van der Waals surface area contributed by atoms with E-state index in [4.69, 9.17) is 14.6 Å². The summed E-state index contributed by atoms with van der Waals surface area (Å²) in [5.74, 6) is 1.79. The monoisotopic (exact) mass is 456 g/mol. The van der Waals surface area contributed by atoms with E-state index in [1.807, 2.05) is 23.7 Å². The van der Waals surface area contributed by atoms with Crippen molar-refractivity contribution in [1.82, 2.24) is 19.6 Å². The van der Waals surface area contributed by atoms with E-state index in [2.05, 4.69) is 28.3 Å². The smallest absolute Gasteiger partial charge is 0.241 e. The quantitative estimate of drug-likeness (QED) is 0.540. The van der Waals surface area contributed by atoms with Crippen LogP contribution in [0.1, 0.15) is 51.1 Å². The van der Waals surface area contributed by atoms with Gasteiger partial charge in [0.2, 0.25) is 5.95 Å². The maximum absolute atomic E-state index is 12.0. The van der Waals surface area contributed by atoms with Gasteiger partial charge < -0.3 is 10.1 Å². The van der Waals surface area contributed by atoms with Crippen LogP contribution < -0.4 is 5.32 Å². The van der Waals surface area contributed by atoms with Crippen LogP contribution in [0.25, 0.3) is 16.6 Å². The Bertz CT molecular complexity index is 1180. The van der Waals surface area contributed by atoms with E-state index in [-0.39, 0.29) is 6.04 Å². The van der Waals surface area contributed by atoms with Crippen LogP contribution in [-0.4, -0.2) is 49.8 Å². The summed E-state index contributed by atoms with van der Waals surface area (Å²) in [4.78, 5) is 8.85. The van der Waals surface area contributed by atoms with Crippen LogP contribution in [0.15, 0.2) is 35.6 Å². The first-order valence-electron chi connectivity index (χ1n) is 11.1. The highest BCUT2D eigenvalue weighted by Crippen LogP contribution is 2.39. The highest BCUT2D eigenvalue weighted by molar-refractivity contribution is 7.91. The molecule has 3 heterocycles. The highest BCUT2D eigenvalue weighted by atomic mass is 32.2. The molecular formula is C23H32N6O2S. The molecule has 0 saturated heterocycles. The first-order valence-corrected chi connectivity index (χ1v) is 13.1. The van der Waals surface area contributed by atoms with Crippen molar-refractivity contribution in [2.24, 2.45) is 5.92 Å². The average molecular weight is 457 g/mol. The summed E-state index contributed by atoms with van der Waals surface area (Å²) in [6, 6.07) is 5.86. The maximum atomic E-state index is 12.0. The predicted octanol–water partition coefficient (Wildman–Crippen LogP) is 4.57. The zero-order chi connectivity index (χ0) is 22.9. The lowest BCUT2D eigenvalue weighted by Crippen LogP contribution is -2.23. The number of methoxy groups -OCH3 is 1. The number of fused-ring (bicyclic) bond motifs is 1. The van der Waals surface area contributed by atoms with E-state index in [9.17, 15) is 4.21 Å². The number of hydrogen-bond donors (Lipinski definition) is 2. The fourth-order valence-corrected chi connectivity index (χ4v) is 5.02. The standard InChI is InChI=1S/C23H32N6O2S/c1-15-5-7-17(8-6-15)20-11-19(18-9-10-22(25-12-18)32(4,24)30)21-13-26-23(28-29(20)21)27-16(2)14-31-3/h9-13,15-17,24H,5-8,14H2,1-4H3,(H,27,28)/t15?,16-,17?,32+/m0/s1. The molecule has 1 fully saturated rings. The number of rotatable bonds is 7. The fourth-order valence-electron chi connectivity index (χ4n) is 4.44. The van der Waals surface area contributed by atoms with Gasteiger partial charge in [-0.2, -0.15) is 0 Å². The molecule has 4 rings (SSSR count). The van der Waals surface area contributed by atoms with Crippen molar-refractivity contribution in [2.75, 3.05) is 25.3 Å². The molecule has 0 aliphatic heterocycles. The summed E-state index contributed by atoms with van der Waals surface area (Å²) in [5, 5.41) is 8.44. The van der Waals surface area contributed by atoms with Gasteiger partial charge in [0, 0.05) is 48.3 Å². The molecule has 2 atom stereocenters. The van der Waals surface area contributed by atoms with Gasteiger partial charge in [-0.1, -0.05) is 19.8 Å². The van der Waals surface area contributed by atoms with Crippen molar-refractivity contribution in [3.05, 3.63) is 36.3 Å². The van der Waals surface area contributed by atoms with E-state index >= 15 is 0 Å². The van der Waals surface area contributed by atoms with Crippen LogP contribution in [0.5, 0.6) is 0 Å². The van der Waals surface area contributed by atoms with Crippen molar-refractivity contribution in [1.29, 1.82) is 4.78 Å². The molecule has 8 nitrogen and oxygen atoms in total. The molecule has 3 aromatic heterocycles. The Balaban J connectivity index is 1.77. The van der Waals surface area contributed by atoms with E-state index in [0.717, 1.165) is 35.4 Å². The lowest BCUT2D eigenvalue weighted by Gasteiger charge is -2.25. The van der Waals surface area contributed by atoms with Gasteiger partial charge in [0.25, 0.3) is 0 Å². The van der Waals surface area contributed by atoms with Crippen LogP contribution >= 0.6 is 0 Å². The molecule has 3 aromatic rings. The third-order valence-electron chi connectivity index (χ3n) is 6.22. The highest BCUT2D eigenvalue weighted by Gasteiger charge is 2.25. The van der Waals surface area contributed by atoms with Crippen molar-refractivity contribution < 1.29 is 8.95 Å². The van der Waals surface area contributed by atoms with Crippen LogP contribution in [0.2, 0.25) is 0 Å². The second-order valence-electron chi connectivity index (χ2n) is 9.05. The third-order valence-corrected chi connectivity index (χ3v) is 7.26. The summed E-state index contributed by atoms with van der Waals surface area (Å²) in [5.41, 5.74) is 4.01. The normalized spacial score (nSPS) is 21.9. The summed E-state index contributed by atoms with van der Waals surface area (Å²) in [6.45, 7) is 4.93. The molecule has 172 valence electrons. The molecule has 32 heavy (non-hydrogen) atoms. The van der Waals surface area contributed by atoms with Crippen LogP contribution in [0.4, 0.5) is 5.95 Å². The maximum Gasteiger partial charge on any atom is 0.241 e. The van der Waals surface area contributed by atoms with Crippen LogP contribution in [0, 0.1) is 10.7 Å². The van der Waals surface area contributed by atoms with Gasteiger partial charge >= 0.3 is 0 Å². The molecule has 0 spiro atoms. The van der Waals surface area contributed by atoms with Gasteiger partial charge in [-0.05, 0) is 43.9 Å². The van der Waals surface area contributed by atoms with E-state index in [1.54, 1.807) is 19.4 Å². The zero-order valence-corrected chi connectivity index (χ0v) is 20.0. The number of ether oxygens (including phenoxy) is 1. The molecule has 0 unspecified atom stereocenters. The van der Waals surface area contributed by atoms with Crippen molar-refractivity contribution in [3.8, 4) is 11.1 Å². The van der Waals surface area contributed by atoms with Crippen molar-refractivity contribution in [3.63, 3.8) is 0 Å². The Labute approximate surface area is 189 Å². The number of hydrogen-bond acceptors (Lipinski definition) is 7. The van der Waals surface area contributed by atoms with Crippen molar-refractivity contribution >= 4 is 21.2 Å². The predicted molar refractivity (Wildman–Crippen MR) is 127 cm³/mol. The third kappa shape index (κ3) is 4.78. The number of nitrogens with one attached hydrogen (secondary N) is 2. The number of pyridine rings is 1. The minimum Gasteiger partial charge on any atom is -0.383 e. The minimum absolute atomic E-state index is 0.0944. The Morgan fingerprint density at radius 2 is 2.00 bits per heavy atom. The number of anilines is 1. The van der Waals surface area contributed by atoms with Gasteiger partial charge in [-0.25, -0.2) is 23.5 Å². The van der Waals surface area contributed by atoms with Gasteiger partial charge in [-0.3, -0.25) is 0 Å². The number of nitrogens with zero attached hydrogens (tertiary/aromatic N) is 4. The van der Waals surface area contributed by atoms with E-state index < -0.39 is 9.73 Å². The molecule has 0 amide bonds. The van der Waals surface area contributed by atoms with Crippen molar-refractivity contribution in [2.45, 2.75) is 56.5 Å². The molecule has 0 radical (unpaired) electrons. The average Bonchev–Trinajstić information content (AvgIpc) is 3.13. The number of aromatic nitrogens is 4. The first kappa shape index (κ1) is 22.7. The largest absolute Gasteiger partial charge is 0.383 e. The Morgan fingerprint density at radius 1 is 1.25 bits per heavy atom. The molecule has 1 saturated carbocycles. The van der Waals surface area contributed by atoms with Crippen LogP contribution in [-0.2, 0) is 14.5 Å². The summed E-state index contributed by atoms with van der Waals surface area (Å²) in [6.07, 6.45) is 9.67. The van der Waals surface area contributed by atoms with E-state index in [0.29, 0.717) is 23.5 Å². The molecule has 1 aliphatic carbocycles. The topological polar surface area (TPSA) is 105 Å². The molecule has 0 aromatic carbocycles. The first-order chi connectivity index (χ1) is 15.3. The summed E-state index contributed by atoms with van der Waals surface area (Å²) < 4.78 is 27.0. The van der Waals surface area contributed by atoms with Gasteiger partial charge in [-0.15, -0.1) is 5.10 Å². The molecule has 0 bridgehead atoms. The minimum atomic E-state index is -2.84. The lowest BCUT2D eigenvalue weighted by atomic mass is 9.81. The molecule has 9 heteroatoms. The lowest BCUT2D eigenvalue weighted by molar-refractivity contribution is 0.190. The van der Waals surface area contributed by atoms with Gasteiger partial charge in [0.15, 0.2) is 0 Å². The van der Waals surface area contributed by atoms with E-state index in [1.165, 1.54) is 24.8 Å². The Morgan fingerprint density at radius 3 is 2.62 bits per heavy atom. The van der Waals surface area contributed by atoms with Crippen LogP contribution in [0.3, 0.4) is 0 Å². The Kier molecular flexibility index (Phi) is 6.48. The molecular weight excluding hydrogens is 424 g/mol. The Hall–Kier alpha value is -2.52. The summed E-state index contributed by atoms with van der Waals surface area (Å²) >= 11 is 0. The summed E-state index contributed by atoms with van der Waals surface area (Å²) in [7, 11) is -1.16. The van der Waals surface area contributed by atoms with Gasteiger partial charge in [0.05, 0.1) is 28.0 Å². The second-order valence-corrected chi connectivity index (χ2v) is 11.2. The molecule has 1 aliphatic rings. The van der Waals surface area contributed by atoms with Gasteiger partial charge in [0.1, 0.15) is 5.03 Å². The fraction of sp³-hybridized carbons (Fsp3) is 0.522. The zero-order valence-electron chi connectivity index (χ0n) is 19.2. The molecule has 2 N–H and O–H groups in total. The second kappa shape index (κ2) is 9.15.